The van der Waals surface area contributed by atoms with Gasteiger partial charge in [0.15, 0.2) is 0 Å². The lowest BCUT2D eigenvalue weighted by Gasteiger charge is -2.08. The molecule has 3 N–H and O–H groups in total. The molecule has 0 spiro atoms. The summed E-state index contributed by atoms with van der Waals surface area (Å²) in [5.41, 5.74) is 7.83. The maximum Gasteiger partial charge on any atom is 0.251 e. The first-order chi connectivity index (χ1) is 9.61. The Morgan fingerprint density at radius 1 is 1.45 bits per heavy atom. The molecule has 0 unspecified atom stereocenters. The van der Waals surface area contributed by atoms with Crippen molar-refractivity contribution in [3.05, 3.63) is 41.7 Å². The minimum atomic E-state index is -0.148. The fraction of sp³-hybridized carbons (Fsp3) is 0.286. The van der Waals surface area contributed by atoms with Gasteiger partial charge in [-0.3, -0.25) is 9.48 Å². The van der Waals surface area contributed by atoms with Crippen LogP contribution in [0, 0.1) is 0 Å². The number of nitrogen functional groups attached to an aromatic ring is 1. The van der Waals surface area contributed by atoms with Crippen molar-refractivity contribution in [1.82, 2.24) is 15.1 Å². The minimum Gasteiger partial charge on any atom is -0.495 e. The highest BCUT2D eigenvalue weighted by atomic mass is 16.5. The van der Waals surface area contributed by atoms with E-state index in [2.05, 4.69) is 10.4 Å². The normalized spacial score (nSPS) is 10.3. The third kappa shape index (κ3) is 3.09. The Kier molecular flexibility index (Phi) is 4.24. The van der Waals surface area contributed by atoms with Crippen molar-refractivity contribution in [2.75, 3.05) is 19.4 Å². The molecule has 0 saturated heterocycles. The molecule has 0 fully saturated rings. The van der Waals surface area contributed by atoms with E-state index in [4.69, 9.17) is 10.5 Å². The highest BCUT2D eigenvalue weighted by Crippen LogP contribution is 2.21. The Balaban J connectivity index is 1.93. The number of methoxy groups -OCH3 is 1. The second-order valence-electron chi connectivity index (χ2n) is 4.41. The highest BCUT2D eigenvalue weighted by Gasteiger charge is 2.08. The van der Waals surface area contributed by atoms with Crippen LogP contribution in [0.4, 0.5) is 5.69 Å². The topological polar surface area (TPSA) is 82.2 Å². The van der Waals surface area contributed by atoms with E-state index < -0.39 is 0 Å². The average Bonchev–Trinajstić information content (AvgIpc) is 2.85. The summed E-state index contributed by atoms with van der Waals surface area (Å²) < 4.78 is 6.89. The van der Waals surface area contributed by atoms with Gasteiger partial charge >= 0.3 is 0 Å². The van der Waals surface area contributed by atoms with Gasteiger partial charge in [0.2, 0.25) is 0 Å². The highest BCUT2D eigenvalue weighted by molar-refractivity contribution is 5.95. The summed E-state index contributed by atoms with van der Waals surface area (Å²) in [6.45, 7) is 0.547. The van der Waals surface area contributed by atoms with Crippen molar-refractivity contribution in [2.45, 2.75) is 6.42 Å². The van der Waals surface area contributed by atoms with E-state index in [0.29, 0.717) is 23.5 Å². The lowest BCUT2D eigenvalue weighted by molar-refractivity contribution is 0.0953. The second kappa shape index (κ2) is 6.10. The number of ether oxygens (including phenoxy) is 1. The van der Waals surface area contributed by atoms with E-state index in [0.717, 1.165) is 12.1 Å². The number of carbonyl (C=O) groups excluding carboxylic acids is 1. The molecule has 6 nitrogen and oxygen atoms in total. The smallest absolute Gasteiger partial charge is 0.251 e. The fourth-order valence-corrected chi connectivity index (χ4v) is 1.91. The van der Waals surface area contributed by atoms with E-state index in [1.54, 1.807) is 29.1 Å². The van der Waals surface area contributed by atoms with Crippen molar-refractivity contribution in [2.24, 2.45) is 7.05 Å². The molecule has 0 aliphatic heterocycles. The molecule has 0 saturated carbocycles. The Morgan fingerprint density at radius 2 is 2.25 bits per heavy atom. The molecule has 1 amide bonds. The van der Waals surface area contributed by atoms with Gasteiger partial charge in [-0.2, -0.15) is 5.10 Å². The van der Waals surface area contributed by atoms with Crippen molar-refractivity contribution in [3.8, 4) is 5.75 Å². The van der Waals surface area contributed by atoms with Crippen LogP contribution in [0.15, 0.2) is 30.5 Å². The van der Waals surface area contributed by atoms with E-state index in [1.807, 2.05) is 13.1 Å². The SMILES string of the molecule is COc1cc(C(=O)NCCc2ccnn2C)ccc1N. The maximum absolute atomic E-state index is 12.0. The molecule has 6 heteroatoms. The molecule has 1 heterocycles. The summed E-state index contributed by atoms with van der Waals surface area (Å²) >= 11 is 0. The van der Waals surface area contributed by atoms with Crippen LogP contribution in [0.5, 0.6) is 5.75 Å². The number of aryl methyl sites for hydroxylation is 1. The number of carbonyl (C=O) groups is 1. The summed E-state index contributed by atoms with van der Waals surface area (Å²) in [7, 11) is 3.40. The molecule has 1 aromatic carbocycles. The number of nitrogens with one attached hydrogen (secondary N) is 1. The zero-order valence-electron chi connectivity index (χ0n) is 11.6. The molecular formula is C14H18N4O2. The molecule has 0 aliphatic carbocycles. The summed E-state index contributed by atoms with van der Waals surface area (Å²) in [6, 6.07) is 6.90. The molecule has 1 aromatic heterocycles. The van der Waals surface area contributed by atoms with Crippen molar-refractivity contribution in [1.29, 1.82) is 0 Å². The minimum absolute atomic E-state index is 0.148. The van der Waals surface area contributed by atoms with Gasteiger partial charge in [0, 0.05) is 37.5 Å². The van der Waals surface area contributed by atoms with E-state index in [1.165, 1.54) is 7.11 Å². The number of amides is 1. The summed E-state index contributed by atoms with van der Waals surface area (Å²) in [5.74, 6) is 0.356. The van der Waals surface area contributed by atoms with Gasteiger partial charge in [-0.1, -0.05) is 0 Å². The third-order valence-electron chi connectivity index (χ3n) is 3.08. The average molecular weight is 274 g/mol. The second-order valence-corrected chi connectivity index (χ2v) is 4.41. The van der Waals surface area contributed by atoms with Crippen LogP contribution in [0.2, 0.25) is 0 Å². The molecule has 20 heavy (non-hydrogen) atoms. The number of aromatic nitrogens is 2. The molecule has 0 atom stereocenters. The predicted octanol–water partition coefficient (Wildman–Crippen LogP) is 0.983. The number of nitrogens with zero attached hydrogens (tertiary/aromatic N) is 2. The van der Waals surface area contributed by atoms with Crippen LogP contribution in [0.1, 0.15) is 16.1 Å². The molecular weight excluding hydrogens is 256 g/mol. The quantitative estimate of drug-likeness (QED) is 0.796. The molecule has 0 aliphatic rings. The van der Waals surface area contributed by atoms with E-state index in [9.17, 15) is 4.79 Å². The molecule has 0 bridgehead atoms. The van der Waals surface area contributed by atoms with E-state index in [-0.39, 0.29) is 5.91 Å². The molecule has 0 radical (unpaired) electrons. The van der Waals surface area contributed by atoms with Gasteiger partial charge < -0.3 is 15.8 Å². The summed E-state index contributed by atoms with van der Waals surface area (Å²) in [6.07, 6.45) is 2.47. The zero-order valence-corrected chi connectivity index (χ0v) is 11.6. The number of nitrogens with two attached hydrogens (primary N) is 1. The maximum atomic E-state index is 12.0. The van der Waals surface area contributed by atoms with Crippen molar-refractivity contribution >= 4 is 11.6 Å². The number of benzene rings is 1. The summed E-state index contributed by atoms with van der Waals surface area (Å²) in [4.78, 5) is 12.0. The Labute approximate surface area is 117 Å². The molecule has 2 aromatic rings. The number of hydrogen-bond donors (Lipinski definition) is 2. The third-order valence-corrected chi connectivity index (χ3v) is 3.08. The van der Waals surface area contributed by atoms with Gasteiger partial charge in [-0.15, -0.1) is 0 Å². The predicted molar refractivity (Wildman–Crippen MR) is 76.7 cm³/mol. The number of anilines is 1. The number of rotatable bonds is 5. The van der Waals surface area contributed by atoms with Crippen LogP contribution < -0.4 is 15.8 Å². The van der Waals surface area contributed by atoms with Gasteiger partial charge in [0.1, 0.15) is 5.75 Å². The van der Waals surface area contributed by atoms with Crippen LogP contribution >= 0.6 is 0 Å². The van der Waals surface area contributed by atoms with E-state index >= 15 is 0 Å². The van der Waals surface area contributed by atoms with Crippen LogP contribution in [-0.2, 0) is 13.5 Å². The first kappa shape index (κ1) is 13.9. The van der Waals surface area contributed by atoms with Crippen molar-refractivity contribution < 1.29 is 9.53 Å². The monoisotopic (exact) mass is 274 g/mol. The summed E-state index contributed by atoms with van der Waals surface area (Å²) in [5, 5.41) is 6.94. The Hall–Kier alpha value is -2.50. The van der Waals surface area contributed by atoms with Crippen LogP contribution in [-0.4, -0.2) is 29.3 Å². The van der Waals surface area contributed by atoms with Gasteiger partial charge in [0.05, 0.1) is 12.8 Å². The largest absolute Gasteiger partial charge is 0.495 e. The Bertz CT molecular complexity index is 607. The van der Waals surface area contributed by atoms with Crippen LogP contribution in [0.3, 0.4) is 0 Å². The first-order valence-corrected chi connectivity index (χ1v) is 6.30. The Morgan fingerprint density at radius 3 is 2.90 bits per heavy atom. The first-order valence-electron chi connectivity index (χ1n) is 6.30. The molecule has 2 rings (SSSR count). The number of hydrogen-bond acceptors (Lipinski definition) is 4. The lowest BCUT2D eigenvalue weighted by atomic mass is 10.1. The fourth-order valence-electron chi connectivity index (χ4n) is 1.91. The van der Waals surface area contributed by atoms with Crippen molar-refractivity contribution in [3.63, 3.8) is 0 Å². The molecule has 106 valence electrons. The van der Waals surface area contributed by atoms with Gasteiger partial charge in [-0.25, -0.2) is 0 Å². The van der Waals surface area contributed by atoms with Gasteiger partial charge in [-0.05, 0) is 24.3 Å². The van der Waals surface area contributed by atoms with Gasteiger partial charge in [0.25, 0.3) is 5.91 Å². The zero-order chi connectivity index (χ0) is 14.5. The lowest BCUT2D eigenvalue weighted by Crippen LogP contribution is -2.26. The van der Waals surface area contributed by atoms with Crippen LogP contribution in [0.25, 0.3) is 0 Å². The standard InChI is InChI=1S/C14H18N4O2/c1-18-11(6-8-17-18)5-7-16-14(19)10-3-4-12(15)13(9-10)20-2/h3-4,6,8-9H,5,7,15H2,1-2H3,(H,16,19).